The van der Waals surface area contributed by atoms with Crippen molar-refractivity contribution >= 4 is 23.7 Å². The van der Waals surface area contributed by atoms with Gasteiger partial charge in [0.15, 0.2) is 25.1 Å². The second-order valence-electron chi connectivity index (χ2n) is 14.4. The Labute approximate surface area is 334 Å². The molecule has 4 rings (SSSR count). The summed E-state index contributed by atoms with van der Waals surface area (Å²) in [5.41, 5.74) is 5.42. The van der Waals surface area contributed by atoms with Crippen LogP contribution in [0.4, 0.5) is 0 Å². The summed E-state index contributed by atoms with van der Waals surface area (Å²) >= 11 is 0. The van der Waals surface area contributed by atoms with E-state index >= 15 is 0 Å². The number of carbonyl (C=O) groups excluding carboxylic acids is 3. The molecule has 4 aliphatic rings. The number of amides is 3. The Morgan fingerprint density at radius 3 is 1.58 bits per heavy atom. The standard InChI is InChI=1S/C32H54N4O23/c1-8(40)34-16-20(45)26(12(5-38)54-28(16)36-15(42)3-10(33)29(51)52)58-30-17(35-9(2)41)21(46)27(13(6-39)56-30)59-32-25(50)23(48)19(44)14(57-32)7-53-31-24(49)22(47)18(43)11(4-37)55-31/h10-14,16-28,30-32,37-39,43-50H,3-7,33H2,1-2H3,(H,34,40)(H,35,41)(H,36,42)(H,51,52). The number of hydrogen-bond donors (Lipinski definition) is 16. The minimum absolute atomic E-state index is 0.733. The number of aliphatic carboxylic acids is 1. The molecule has 4 aliphatic heterocycles. The van der Waals surface area contributed by atoms with E-state index in [0.29, 0.717) is 0 Å². The van der Waals surface area contributed by atoms with E-state index in [1.165, 1.54) is 0 Å². The van der Waals surface area contributed by atoms with E-state index in [1.807, 2.05) is 0 Å². The zero-order valence-corrected chi connectivity index (χ0v) is 31.6. The van der Waals surface area contributed by atoms with E-state index in [9.17, 15) is 75.3 Å². The van der Waals surface area contributed by atoms with E-state index in [-0.39, 0.29) is 0 Å². The van der Waals surface area contributed by atoms with Gasteiger partial charge >= 0.3 is 5.97 Å². The highest BCUT2D eigenvalue weighted by molar-refractivity contribution is 5.84. The highest BCUT2D eigenvalue weighted by Gasteiger charge is 2.55. The molecule has 0 radical (unpaired) electrons. The molecule has 27 heteroatoms. The van der Waals surface area contributed by atoms with Crippen LogP contribution < -0.4 is 21.7 Å². The number of hydrogen-bond acceptors (Lipinski definition) is 23. The van der Waals surface area contributed by atoms with Crippen LogP contribution in [0.5, 0.6) is 0 Å². The summed E-state index contributed by atoms with van der Waals surface area (Å²) in [6.07, 6.45) is -32.5. The Kier molecular flexibility index (Phi) is 17.6. The van der Waals surface area contributed by atoms with Gasteiger partial charge in [0, 0.05) is 13.8 Å². The van der Waals surface area contributed by atoms with Crippen molar-refractivity contribution in [1.82, 2.24) is 16.0 Å². The highest BCUT2D eigenvalue weighted by atomic mass is 16.8. The van der Waals surface area contributed by atoms with Crippen LogP contribution in [0, 0.1) is 0 Å². The van der Waals surface area contributed by atoms with Crippen molar-refractivity contribution in [3.8, 4) is 0 Å². The van der Waals surface area contributed by atoms with Crippen molar-refractivity contribution in [2.75, 3.05) is 26.4 Å². The van der Waals surface area contributed by atoms with E-state index in [4.69, 9.17) is 44.0 Å². The van der Waals surface area contributed by atoms with Crippen LogP contribution >= 0.6 is 0 Å². The molecule has 0 aromatic heterocycles. The molecule has 21 atom stereocenters. The van der Waals surface area contributed by atoms with Gasteiger partial charge in [-0.2, -0.15) is 0 Å². The number of aliphatic hydroxyl groups is 11. The normalized spacial score (nSPS) is 43.3. The third-order valence-corrected chi connectivity index (χ3v) is 10.0. The van der Waals surface area contributed by atoms with Gasteiger partial charge < -0.3 is 116 Å². The first-order chi connectivity index (χ1) is 27.7. The van der Waals surface area contributed by atoms with Crippen LogP contribution in [0.3, 0.4) is 0 Å². The zero-order valence-electron chi connectivity index (χ0n) is 31.6. The largest absolute Gasteiger partial charge is 0.480 e. The lowest BCUT2D eigenvalue weighted by atomic mass is 9.93. The maximum atomic E-state index is 12.6. The number of carboxylic acid groups (broad SMARTS) is 1. The van der Waals surface area contributed by atoms with Crippen molar-refractivity contribution in [2.24, 2.45) is 5.73 Å². The summed E-state index contributed by atoms with van der Waals surface area (Å²) in [5, 5.41) is 132. The molecule has 0 aromatic rings. The molecule has 0 spiro atoms. The first kappa shape index (κ1) is 48.8. The topological polar surface area (TPSA) is 438 Å². The van der Waals surface area contributed by atoms with Crippen LogP contribution in [-0.2, 0) is 52.3 Å². The second kappa shape index (κ2) is 21.3. The lowest BCUT2D eigenvalue weighted by Crippen LogP contribution is -2.71. The molecule has 0 aromatic carbocycles. The third kappa shape index (κ3) is 11.5. The molecule has 340 valence electrons. The minimum atomic E-state index is -2.05. The SMILES string of the molecule is CC(=O)NC1C(NC(=O)CC(N)C(=O)O)OC(CO)C(OC2OC(CO)C(OC3OC(COC4OC(CO)C(O)C(O)C4O)C(O)C(O)C3O)C(O)C2NC(C)=O)C1O. The van der Waals surface area contributed by atoms with Crippen LogP contribution in [0.15, 0.2) is 0 Å². The lowest BCUT2D eigenvalue weighted by molar-refractivity contribution is -0.363. The third-order valence-electron chi connectivity index (χ3n) is 10.0. The average Bonchev–Trinajstić information content (AvgIpc) is 3.18. The minimum Gasteiger partial charge on any atom is -0.480 e. The molecule has 4 heterocycles. The molecule has 27 nitrogen and oxygen atoms in total. The Bertz CT molecular complexity index is 1420. The van der Waals surface area contributed by atoms with Crippen molar-refractivity contribution in [3.63, 3.8) is 0 Å². The number of aliphatic hydroxyl groups excluding tert-OH is 11. The number of carbonyl (C=O) groups is 4. The van der Waals surface area contributed by atoms with E-state index in [0.717, 1.165) is 13.8 Å². The van der Waals surface area contributed by atoms with Gasteiger partial charge in [0.2, 0.25) is 17.7 Å². The van der Waals surface area contributed by atoms with Crippen molar-refractivity contribution in [1.29, 1.82) is 0 Å². The monoisotopic (exact) mass is 862 g/mol. The van der Waals surface area contributed by atoms with Crippen LogP contribution in [-0.4, -0.2) is 240 Å². The predicted molar refractivity (Wildman–Crippen MR) is 183 cm³/mol. The fourth-order valence-electron chi connectivity index (χ4n) is 6.90. The van der Waals surface area contributed by atoms with E-state index in [1.54, 1.807) is 0 Å². The molecular formula is C32H54N4O23. The molecule has 4 saturated heterocycles. The number of ether oxygens (including phenoxy) is 7. The summed E-state index contributed by atoms with van der Waals surface area (Å²) < 4.78 is 39.6. The predicted octanol–water partition coefficient (Wildman–Crippen LogP) is -10.5. The smallest absolute Gasteiger partial charge is 0.321 e. The van der Waals surface area contributed by atoms with Gasteiger partial charge in [-0.05, 0) is 0 Å². The first-order valence-corrected chi connectivity index (χ1v) is 18.4. The van der Waals surface area contributed by atoms with Gasteiger partial charge in [-0.25, -0.2) is 0 Å². The second-order valence-corrected chi connectivity index (χ2v) is 14.4. The Morgan fingerprint density at radius 1 is 0.576 bits per heavy atom. The quantitative estimate of drug-likeness (QED) is 0.0685. The molecule has 0 saturated carbocycles. The maximum absolute atomic E-state index is 12.6. The van der Waals surface area contributed by atoms with Crippen molar-refractivity contribution in [3.05, 3.63) is 0 Å². The lowest BCUT2D eigenvalue weighted by Gasteiger charge is -2.50. The van der Waals surface area contributed by atoms with E-state index in [2.05, 4.69) is 16.0 Å². The first-order valence-electron chi connectivity index (χ1n) is 18.4. The Balaban J connectivity index is 1.52. The van der Waals surface area contributed by atoms with Gasteiger partial charge in [-0.15, -0.1) is 0 Å². The summed E-state index contributed by atoms with van der Waals surface area (Å²) in [7, 11) is 0. The van der Waals surface area contributed by atoms with Crippen LogP contribution in [0.25, 0.3) is 0 Å². The zero-order chi connectivity index (χ0) is 44.0. The number of nitrogens with two attached hydrogens (primary N) is 1. The maximum Gasteiger partial charge on any atom is 0.321 e. The Hall–Kier alpha value is -2.88. The van der Waals surface area contributed by atoms with Crippen LogP contribution in [0.2, 0.25) is 0 Å². The fourth-order valence-corrected chi connectivity index (χ4v) is 6.90. The van der Waals surface area contributed by atoms with Gasteiger partial charge in [0.05, 0.1) is 32.8 Å². The molecule has 0 aliphatic carbocycles. The molecule has 21 unspecified atom stereocenters. The van der Waals surface area contributed by atoms with Gasteiger partial charge in [0.25, 0.3) is 0 Å². The molecular weight excluding hydrogens is 808 g/mol. The van der Waals surface area contributed by atoms with Gasteiger partial charge in [-0.3, -0.25) is 19.2 Å². The average molecular weight is 863 g/mol. The van der Waals surface area contributed by atoms with E-state index < -0.39 is 185 Å². The fraction of sp³-hybridized carbons (Fsp3) is 0.875. The summed E-state index contributed by atoms with van der Waals surface area (Å²) in [6.45, 7) is -1.31. The van der Waals surface area contributed by atoms with Crippen molar-refractivity contribution in [2.45, 2.75) is 149 Å². The molecule has 59 heavy (non-hydrogen) atoms. The Morgan fingerprint density at radius 2 is 1.03 bits per heavy atom. The molecule has 17 N–H and O–H groups in total. The number of nitrogens with one attached hydrogen (secondary N) is 3. The van der Waals surface area contributed by atoms with Crippen molar-refractivity contribution < 1.29 is 114 Å². The number of carboxylic acids is 1. The van der Waals surface area contributed by atoms with Crippen LogP contribution in [0.1, 0.15) is 20.3 Å². The van der Waals surface area contributed by atoms with Gasteiger partial charge in [-0.1, -0.05) is 0 Å². The summed E-state index contributed by atoms with van der Waals surface area (Å²) in [6, 6.07) is -4.82. The molecule has 0 bridgehead atoms. The highest BCUT2D eigenvalue weighted by Crippen LogP contribution is 2.33. The molecule has 4 fully saturated rings. The summed E-state index contributed by atoms with van der Waals surface area (Å²) in [5.74, 6) is -3.99. The summed E-state index contributed by atoms with van der Waals surface area (Å²) in [4.78, 5) is 48.2. The molecule has 3 amide bonds. The van der Waals surface area contributed by atoms with Gasteiger partial charge in [0.1, 0.15) is 104 Å². The number of rotatable bonds is 16.